The number of anilines is 3. The molecule has 0 unspecified atom stereocenters. The van der Waals surface area contributed by atoms with Crippen LogP contribution in [0, 0.1) is 0 Å². The van der Waals surface area contributed by atoms with Crippen molar-refractivity contribution in [1.29, 1.82) is 0 Å². The molecule has 0 aliphatic carbocycles. The van der Waals surface area contributed by atoms with E-state index in [1.165, 1.54) is 65.7 Å². The maximum atomic E-state index is 2.37. The summed E-state index contributed by atoms with van der Waals surface area (Å²) in [6.07, 6.45) is 0. The van der Waals surface area contributed by atoms with Crippen LogP contribution in [-0.4, -0.2) is 0 Å². The van der Waals surface area contributed by atoms with Crippen molar-refractivity contribution < 1.29 is 0 Å². The quantitative estimate of drug-likeness (QED) is 0.167. The minimum Gasteiger partial charge on any atom is -0.310 e. The third-order valence-electron chi connectivity index (χ3n) is 9.65. The Morgan fingerprint density at radius 2 is 0.653 bits per heavy atom. The zero-order valence-electron chi connectivity index (χ0n) is 27.0. The van der Waals surface area contributed by atoms with Crippen LogP contribution >= 0.6 is 0 Å². The van der Waals surface area contributed by atoms with Crippen molar-refractivity contribution in [2.24, 2.45) is 0 Å². The zero-order chi connectivity index (χ0) is 32.6. The van der Waals surface area contributed by atoms with Gasteiger partial charge in [0.25, 0.3) is 0 Å². The van der Waals surface area contributed by atoms with Crippen molar-refractivity contribution in [3.05, 3.63) is 200 Å². The van der Waals surface area contributed by atoms with Crippen molar-refractivity contribution >= 4 is 49.4 Å². The van der Waals surface area contributed by atoms with Gasteiger partial charge in [0.15, 0.2) is 0 Å². The lowest BCUT2D eigenvalue weighted by Crippen LogP contribution is -2.09. The van der Waals surface area contributed by atoms with Crippen LogP contribution in [0.15, 0.2) is 200 Å². The predicted molar refractivity (Wildman–Crippen MR) is 210 cm³/mol. The second kappa shape index (κ2) is 12.3. The second-order valence-corrected chi connectivity index (χ2v) is 12.6. The van der Waals surface area contributed by atoms with Gasteiger partial charge in [-0.15, -0.1) is 0 Å². The Bertz CT molecular complexity index is 2570. The van der Waals surface area contributed by atoms with Crippen LogP contribution in [0.2, 0.25) is 0 Å². The van der Waals surface area contributed by atoms with Crippen molar-refractivity contribution in [1.82, 2.24) is 0 Å². The van der Waals surface area contributed by atoms with Gasteiger partial charge in [-0.3, -0.25) is 0 Å². The van der Waals surface area contributed by atoms with E-state index in [-0.39, 0.29) is 0 Å². The third-order valence-corrected chi connectivity index (χ3v) is 9.65. The summed E-state index contributed by atoms with van der Waals surface area (Å²) in [6, 6.07) is 72.4. The number of nitrogens with zero attached hydrogens (tertiary/aromatic N) is 1. The van der Waals surface area contributed by atoms with E-state index in [2.05, 4.69) is 205 Å². The molecular weight excluding hydrogens is 591 g/mol. The van der Waals surface area contributed by atoms with E-state index < -0.39 is 0 Å². The molecule has 0 radical (unpaired) electrons. The molecule has 0 N–H and O–H groups in total. The molecular formula is C48H33N. The Labute approximate surface area is 287 Å². The molecule has 0 atom stereocenters. The van der Waals surface area contributed by atoms with E-state index in [9.17, 15) is 0 Å². The molecule has 230 valence electrons. The number of fused-ring (bicyclic) bond motifs is 5. The lowest BCUT2D eigenvalue weighted by Gasteiger charge is -2.26. The van der Waals surface area contributed by atoms with Gasteiger partial charge in [-0.1, -0.05) is 158 Å². The minimum absolute atomic E-state index is 1.11. The van der Waals surface area contributed by atoms with Crippen LogP contribution in [0.5, 0.6) is 0 Å². The molecule has 0 fully saturated rings. The molecule has 1 nitrogen and oxygen atoms in total. The van der Waals surface area contributed by atoms with Crippen molar-refractivity contribution in [2.75, 3.05) is 4.90 Å². The number of hydrogen-bond acceptors (Lipinski definition) is 1. The van der Waals surface area contributed by atoms with Crippen molar-refractivity contribution in [3.8, 4) is 33.4 Å². The minimum atomic E-state index is 1.11. The number of hydrogen-bond donors (Lipinski definition) is 0. The highest BCUT2D eigenvalue weighted by Crippen LogP contribution is 2.40. The lowest BCUT2D eigenvalue weighted by molar-refractivity contribution is 1.29. The van der Waals surface area contributed by atoms with E-state index in [1.54, 1.807) is 0 Å². The molecule has 0 aliphatic heterocycles. The van der Waals surface area contributed by atoms with Gasteiger partial charge in [0.05, 0.1) is 0 Å². The summed E-state index contributed by atoms with van der Waals surface area (Å²) in [5.41, 5.74) is 10.6. The molecule has 49 heavy (non-hydrogen) atoms. The highest BCUT2D eigenvalue weighted by atomic mass is 15.1. The third kappa shape index (κ3) is 5.42. The summed E-state index contributed by atoms with van der Waals surface area (Å²) in [4.78, 5) is 2.37. The van der Waals surface area contributed by atoms with Gasteiger partial charge >= 0.3 is 0 Å². The number of benzene rings is 9. The molecule has 0 aliphatic rings. The molecule has 9 rings (SSSR count). The van der Waals surface area contributed by atoms with Crippen LogP contribution in [0.25, 0.3) is 65.7 Å². The maximum Gasteiger partial charge on any atom is 0.0468 e. The normalized spacial score (nSPS) is 11.3. The lowest BCUT2D eigenvalue weighted by atomic mass is 9.96. The fraction of sp³-hybridized carbons (Fsp3) is 0. The first-order chi connectivity index (χ1) is 24.3. The molecule has 9 aromatic carbocycles. The highest BCUT2D eigenvalue weighted by molar-refractivity contribution is 6.17. The predicted octanol–water partition coefficient (Wildman–Crippen LogP) is 13.6. The first kappa shape index (κ1) is 28.8. The Balaban J connectivity index is 1.16. The Morgan fingerprint density at radius 3 is 1.29 bits per heavy atom. The topological polar surface area (TPSA) is 3.24 Å². The molecule has 0 heterocycles. The Kier molecular flexibility index (Phi) is 7.22. The molecule has 0 saturated carbocycles. The molecule has 0 spiro atoms. The van der Waals surface area contributed by atoms with Crippen LogP contribution in [0.3, 0.4) is 0 Å². The van der Waals surface area contributed by atoms with Crippen LogP contribution in [-0.2, 0) is 0 Å². The SMILES string of the molecule is c1ccc(-c2ccc(N(c3ccc(-c4cccc(-c5ccccc5)c4)cc3)c3ccc4ccc5c6ccccc6ccc5c4c3)cc2)cc1. The summed E-state index contributed by atoms with van der Waals surface area (Å²) >= 11 is 0. The van der Waals surface area contributed by atoms with Gasteiger partial charge in [-0.05, 0) is 108 Å². The van der Waals surface area contributed by atoms with E-state index >= 15 is 0 Å². The fourth-order valence-electron chi connectivity index (χ4n) is 7.14. The molecule has 9 aromatic rings. The number of rotatable bonds is 6. The van der Waals surface area contributed by atoms with Gasteiger partial charge < -0.3 is 4.90 Å². The van der Waals surface area contributed by atoms with E-state index in [4.69, 9.17) is 0 Å². The maximum absolute atomic E-state index is 2.37. The standard InChI is InChI=1S/C48H33N/c1-3-10-34(11-4-1)36-18-25-42(26-19-36)49(43-27-20-37(21-28-43)41-16-9-15-40(32-41)35-12-5-2-6-13-35)44-29-22-39-24-30-46-45-17-8-7-14-38(45)23-31-47(46)48(39)33-44/h1-33H. The second-order valence-electron chi connectivity index (χ2n) is 12.6. The Morgan fingerprint density at radius 1 is 0.224 bits per heavy atom. The molecule has 0 amide bonds. The first-order valence-electron chi connectivity index (χ1n) is 16.8. The molecule has 0 bridgehead atoms. The zero-order valence-corrected chi connectivity index (χ0v) is 27.0. The fourth-order valence-corrected chi connectivity index (χ4v) is 7.14. The highest BCUT2D eigenvalue weighted by Gasteiger charge is 2.15. The van der Waals surface area contributed by atoms with Crippen LogP contribution in [0.4, 0.5) is 17.1 Å². The van der Waals surface area contributed by atoms with E-state index in [0.29, 0.717) is 0 Å². The van der Waals surface area contributed by atoms with Gasteiger partial charge in [0.2, 0.25) is 0 Å². The summed E-state index contributed by atoms with van der Waals surface area (Å²) in [6.45, 7) is 0. The smallest absolute Gasteiger partial charge is 0.0468 e. The van der Waals surface area contributed by atoms with Crippen LogP contribution < -0.4 is 4.90 Å². The average molecular weight is 624 g/mol. The molecule has 0 aromatic heterocycles. The van der Waals surface area contributed by atoms with Gasteiger partial charge in [-0.2, -0.15) is 0 Å². The Hall–Kier alpha value is -6.44. The summed E-state index contributed by atoms with van der Waals surface area (Å²) in [5.74, 6) is 0. The van der Waals surface area contributed by atoms with Crippen LogP contribution in [0.1, 0.15) is 0 Å². The largest absolute Gasteiger partial charge is 0.310 e. The van der Waals surface area contributed by atoms with Crippen molar-refractivity contribution in [3.63, 3.8) is 0 Å². The first-order valence-corrected chi connectivity index (χ1v) is 16.8. The van der Waals surface area contributed by atoms with Gasteiger partial charge in [-0.25, -0.2) is 0 Å². The van der Waals surface area contributed by atoms with Crippen molar-refractivity contribution in [2.45, 2.75) is 0 Å². The van der Waals surface area contributed by atoms with Gasteiger partial charge in [0.1, 0.15) is 0 Å². The summed E-state index contributed by atoms with van der Waals surface area (Å²) in [7, 11) is 0. The summed E-state index contributed by atoms with van der Waals surface area (Å²) in [5, 5.41) is 7.59. The average Bonchev–Trinajstić information content (AvgIpc) is 3.19. The van der Waals surface area contributed by atoms with E-state index in [0.717, 1.165) is 17.1 Å². The molecule has 0 saturated heterocycles. The van der Waals surface area contributed by atoms with E-state index in [1.807, 2.05) is 0 Å². The molecule has 1 heteroatoms. The monoisotopic (exact) mass is 623 g/mol. The van der Waals surface area contributed by atoms with Gasteiger partial charge in [0, 0.05) is 17.1 Å². The summed E-state index contributed by atoms with van der Waals surface area (Å²) < 4.78 is 0.